The molecule has 2 saturated heterocycles. The first-order chi connectivity index (χ1) is 13.2. The van der Waals surface area contributed by atoms with Crippen LogP contribution < -0.4 is 0 Å². The van der Waals surface area contributed by atoms with Gasteiger partial charge in [0.15, 0.2) is 0 Å². The number of piperidine rings is 1. The number of benzene rings is 1. The van der Waals surface area contributed by atoms with Crippen molar-refractivity contribution in [2.75, 3.05) is 32.7 Å². The number of rotatable bonds is 5. The zero-order chi connectivity index (χ0) is 18.6. The van der Waals surface area contributed by atoms with Crippen molar-refractivity contribution in [2.24, 2.45) is 11.8 Å². The molecule has 1 amide bonds. The molecule has 3 fully saturated rings. The Morgan fingerprint density at radius 2 is 1.81 bits per heavy atom. The predicted molar refractivity (Wildman–Crippen MR) is 106 cm³/mol. The summed E-state index contributed by atoms with van der Waals surface area (Å²) >= 11 is 0. The van der Waals surface area contributed by atoms with E-state index < -0.39 is 0 Å². The molecule has 3 nitrogen and oxygen atoms in total. The quantitative estimate of drug-likeness (QED) is 0.763. The normalized spacial score (nSPS) is 27.4. The number of nitrogens with zero attached hydrogens (tertiary/aromatic N) is 2. The first kappa shape index (κ1) is 18.9. The lowest BCUT2D eigenvalue weighted by Crippen LogP contribution is -2.37. The van der Waals surface area contributed by atoms with E-state index in [-0.39, 0.29) is 11.7 Å². The van der Waals surface area contributed by atoms with E-state index in [1.807, 2.05) is 12.1 Å². The first-order valence-electron chi connectivity index (χ1n) is 10.9. The van der Waals surface area contributed by atoms with E-state index in [4.69, 9.17) is 0 Å². The Kier molecular flexibility index (Phi) is 6.11. The number of likely N-dealkylation sites (tertiary alicyclic amines) is 2. The van der Waals surface area contributed by atoms with Gasteiger partial charge in [0.05, 0.1) is 0 Å². The Labute approximate surface area is 162 Å². The van der Waals surface area contributed by atoms with E-state index in [9.17, 15) is 9.18 Å². The van der Waals surface area contributed by atoms with Crippen LogP contribution in [0.25, 0.3) is 0 Å². The molecule has 4 heteroatoms. The highest BCUT2D eigenvalue weighted by Crippen LogP contribution is 2.36. The minimum absolute atomic E-state index is 0.167. The molecule has 1 saturated carbocycles. The number of halogens is 1. The Bertz CT molecular complexity index is 637. The summed E-state index contributed by atoms with van der Waals surface area (Å²) < 4.78 is 13.8. The molecule has 2 heterocycles. The van der Waals surface area contributed by atoms with Crippen LogP contribution in [0.1, 0.15) is 62.8 Å². The molecule has 0 bridgehead atoms. The van der Waals surface area contributed by atoms with Gasteiger partial charge in [0.25, 0.3) is 0 Å². The summed E-state index contributed by atoms with van der Waals surface area (Å²) in [5, 5.41) is 0. The van der Waals surface area contributed by atoms with Gasteiger partial charge in [-0.1, -0.05) is 31.4 Å². The van der Waals surface area contributed by atoms with E-state index in [0.717, 1.165) is 25.2 Å². The third kappa shape index (κ3) is 4.71. The van der Waals surface area contributed by atoms with Crippen molar-refractivity contribution < 1.29 is 9.18 Å². The van der Waals surface area contributed by atoms with Gasteiger partial charge < -0.3 is 9.80 Å². The monoisotopic (exact) mass is 372 g/mol. The SMILES string of the molecule is O=C(CC1CCCC1)N1CC(CN2CCCCC2)C(c2cccc(F)c2)C1. The van der Waals surface area contributed by atoms with Crippen LogP contribution in [0, 0.1) is 17.7 Å². The van der Waals surface area contributed by atoms with Crippen LogP contribution in [-0.2, 0) is 4.79 Å². The second kappa shape index (κ2) is 8.72. The molecule has 2 unspecified atom stereocenters. The fourth-order valence-electron chi connectivity index (χ4n) is 5.44. The van der Waals surface area contributed by atoms with Crippen LogP contribution in [0.2, 0.25) is 0 Å². The molecule has 0 radical (unpaired) electrons. The number of amides is 1. The number of hydrogen-bond donors (Lipinski definition) is 0. The lowest BCUT2D eigenvalue weighted by atomic mass is 9.88. The van der Waals surface area contributed by atoms with E-state index in [0.29, 0.717) is 24.2 Å². The molecule has 1 aliphatic carbocycles. The largest absolute Gasteiger partial charge is 0.342 e. The topological polar surface area (TPSA) is 23.6 Å². The summed E-state index contributed by atoms with van der Waals surface area (Å²) in [5.41, 5.74) is 1.06. The second-order valence-corrected chi connectivity index (χ2v) is 8.94. The van der Waals surface area contributed by atoms with Gasteiger partial charge in [-0.05, 0) is 68.3 Å². The first-order valence-corrected chi connectivity index (χ1v) is 10.9. The third-order valence-electron chi connectivity index (χ3n) is 6.95. The van der Waals surface area contributed by atoms with Crippen molar-refractivity contribution >= 4 is 5.91 Å². The fraction of sp³-hybridized carbons (Fsp3) is 0.696. The molecule has 0 spiro atoms. The number of carbonyl (C=O) groups excluding carboxylic acids is 1. The van der Waals surface area contributed by atoms with Crippen LogP contribution in [0.15, 0.2) is 24.3 Å². The van der Waals surface area contributed by atoms with Crippen LogP contribution >= 0.6 is 0 Å². The molecule has 0 aromatic heterocycles. The molecular weight excluding hydrogens is 339 g/mol. The maximum absolute atomic E-state index is 13.8. The maximum atomic E-state index is 13.8. The molecular formula is C23H33FN2O. The van der Waals surface area contributed by atoms with Crippen LogP contribution in [0.5, 0.6) is 0 Å². The van der Waals surface area contributed by atoms with Crippen molar-refractivity contribution in [1.29, 1.82) is 0 Å². The van der Waals surface area contributed by atoms with Gasteiger partial charge in [-0.15, -0.1) is 0 Å². The van der Waals surface area contributed by atoms with Crippen LogP contribution in [0.3, 0.4) is 0 Å². The minimum Gasteiger partial charge on any atom is -0.342 e. The highest BCUT2D eigenvalue weighted by molar-refractivity contribution is 5.77. The molecule has 27 heavy (non-hydrogen) atoms. The maximum Gasteiger partial charge on any atom is 0.222 e. The Hall–Kier alpha value is -1.42. The van der Waals surface area contributed by atoms with Crippen molar-refractivity contribution in [1.82, 2.24) is 9.80 Å². The van der Waals surface area contributed by atoms with Gasteiger partial charge >= 0.3 is 0 Å². The molecule has 3 aliphatic rings. The standard InChI is InChI=1S/C23H33FN2O/c24-21-10-6-9-19(14-21)22-17-26(23(27)13-18-7-2-3-8-18)16-20(22)15-25-11-4-1-5-12-25/h6,9-10,14,18,20,22H,1-5,7-8,11-13,15-17H2. The van der Waals surface area contributed by atoms with Crippen molar-refractivity contribution in [3.8, 4) is 0 Å². The van der Waals surface area contributed by atoms with E-state index in [1.54, 1.807) is 6.07 Å². The van der Waals surface area contributed by atoms with Crippen molar-refractivity contribution in [3.05, 3.63) is 35.6 Å². The number of carbonyl (C=O) groups is 1. The Balaban J connectivity index is 1.46. The zero-order valence-corrected chi connectivity index (χ0v) is 16.4. The van der Waals surface area contributed by atoms with Gasteiger partial charge in [-0.3, -0.25) is 4.79 Å². The Morgan fingerprint density at radius 1 is 1.04 bits per heavy atom. The second-order valence-electron chi connectivity index (χ2n) is 8.94. The van der Waals surface area contributed by atoms with Gasteiger partial charge in [0, 0.05) is 32.0 Å². The lowest BCUT2D eigenvalue weighted by Gasteiger charge is -2.31. The predicted octanol–water partition coefficient (Wildman–Crippen LogP) is 4.43. The summed E-state index contributed by atoms with van der Waals surface area (Å²) in [7, 11) is 0. The van der Waals surface area contributed by atoms with Crippen molar-refractivity contribution in [3.63, 3.8) is 0 Å². The minimum atomic E-state index is -0.167. The summed E-state index contributed by atoms with van der Waals surface area (Å²) in [6.45, 7) is 4.97. The van der Waals surface area contributed by atoms with E-state index in [1.165, 1.54) is 64.1 Å². The summed E-state index contributed by atoms with van der Waals surface area (Å²) in [6, 6.07) is 7.05. The molecule has 4 rings (SSSR count). The van der Waals surface area contributed by atoms with Gasteiger partial charge in [-0.2, -0.15) is 0 Å². The summed E-state index contributed by atoms with van der Waals surface area (Å²) in [4.78, 5) is 17.6. The molecule has 1 aromatic rings. The van der Waals surface area contributed by atoms with Crippen molar-refractivity contribution in [2.45, 2.75) is 57.3 Å². The average molecular weight is 373 g/mol. The highest BCUT2D eigenvalue weighted by atomic mass is 19.1. The Morgan fingerprint density at radius 3 is 2.56 bits per heavy atom. The molecule has 2 aliphatic heterocycles. The van der Waals surface area contributed by atoms with Crippen LogP contribution in [-0.4, -0.2) is 48.4 Å². The molecule has 1 aromatic carbocycles. The summed E-state index contributed by atoms with van der Waals surface area (Å²) in [6.07, 6.45) is 9.59. The number of hydrogen-bond acceptors (Lipinski definition) is 2. The smallest absolute Gasteiger partial charge is 0.222 e. The lowest BCUT2D eigenvalue weighted by molar-refractivity contribution is -0.131. The van der Waals surface area contributed by atoms with E-state index in [2.05, 4.69) is 9.80 Å². The van der Waals surface area contributed by atoms with Crippen LogP contribution in [0.4, 0.5) is 4.39 Å². The van der Waals surface area contributed by atoms with E-state index >= 15 is 0 Å². The fourth-order valence-corrected chi connectivity index (χ4v) is 5.44. The molecule has 0 N–H and O–H groups in total. The molecule has 148 valence electrons. The summed E-state index contributed by atoms with van der Waals surface area (Å²) in [5.74, 6) is 1.42. The van der Waals surface area contributed by atoms with Gasteiger partial charge in [-0.25, -0.2) is 4.39 Å². The third-order valence-corrected chi connectivity index (χ3v) is 6.95. The molecule has 2 atom stereocenters. The van der Waals surface area contributed by atoms with Gasteiger partial charge in [0.1, 0.15) is 5.82 Å². The average Bonchev–Trinajstić information content (AvgIpc) is 3.32. The highest BCUT2D eigenvalue weighted by Gasteiger charge is 2.37. The zero-order valence-electron chi connectivity index (χ0n) is 16.4. The van der Waals surface area contributed by atoms with Gasteiger partial charge in [0.2, 0.25) is 5.91 Å².